The van der Waals surface area contributed by atoms with Gasteiger partial charge in [0.15, 0.2) is 0 Å². The molecular formula is C7H11NO2. The maximum absolute atomic E-state index is 10.5. The molecular weight excluding hydrogens is 130 g/mol. The smallest absolute Gasteiger partial charge is 0.390 e. The highest BCUT2D eigenvalue weighted by molar-refractivity contribution is 5.80. The van der Waals surface area contributed by atoms with Crippen LogP contribution in [0.2, 0.25) is 0 Å². The first kappa shape index (κ1) is 8.96. The van der Waals surface area contributed by atoms with E-state index in [0.29, 0.717) is 12.8 Å². The second kappa shape index (κ2) is 3.21. The van der Waals surface area contributed by atoms with Crippen molar-refractivity contribution in [2.75, 3.05) is 0 Å². The molecule has 0 spiro atoms. The zero-order valence-electron chi connectivity index (χ0n) is 6.22. The molecule has 0 radical (unpaired) electrons. The van der Waals surface area contributed by atoms with E-state index in [9.17, 15) is 4.79 Å². The third-order valence-electron chi connectivity index (χ3n) is 1.78. The summed E-state index contributed by atoms with van der Waals surface area (Å²) in [5, 5.41) is 8.61. The largest absolute Gasteiger partial charge is 0.475 e. The summed E-state index contributed by atoms with van der Waals surface area (Å²) >= 11 is 0. The van der Waals surface area contributed by atoms with Gasteiger partial charge in [0, 0.05) is 12.8 Å². The highest BCUT2D eigenvalue weighted by Crippen LogP contribution is 2.20. The number of hydrogen-bond donors (Lipinski definition) is 1. The molecule has 0 aromatic carbocycles. The highest BCUT2D eigenvalue weighted by Gasteiger charge is 2.41. The van der Waals surface area contributed by atoms with Gasteiger partial charge < -0.3 is 5.11 Å². The van der Waals surface area contributed by atoms with Crippen LogP contribution < -0.4 is 0 Å². The summed E-state index contributed by atoms with van der Waals surface area (Å²) in [6.07, 6.45) is 0.755. The summed E-state index contributed by atoms with van der Waals surface area (Å²) in [5.74, 6) is -1.01. The van der Waals surface area contributed by atoms with Crippen molar-refractivity contribution in [3.63, 3.8) is 0 Å². The van der Waals surface area contributed by atoms with Gasteiger partial charge >= 0.3 is 11.5 Å². The lowest BCUT2D eigenvalue weighted by Gasteiger charge is -2.11. The SMILES string of the molecule is [C-]#[N+]C(CC)(CC)C(=O)O. The maximum Gasteiger partial charge on any atom is 0.390 e. The fourth-order valence-corrected chi connectivity index (χ4v) is 0.758. The second-order valence-electron chi connectivity index (χ2n) is 2.16. The number of aliphatic carboxylic acids is 1. The van der Waals surface area contributed by atoms with Crippen LogP contribution in [-0.2, 0) is 4.79 Å². The first-order valence-corrected chi connectivity index (χ1v) is 3.25. The summed E-state index contributed by atoms with van der Waals surface area (Å²) in [6, 6.07) is 0. The Morgan fingerprint density at radius 3 is 2.00 bits per heavy atom. The Labute approximate surface area is 60.5 Å². The summed E-state index contributed by atoms with van der Waals surface area (Å²) in [5.41, 5.74) is -1.17. The Morgan fingerprint density at radius 1 is 1.60 bits per heavy atom. The highest BCUT2D eigenvalue weighted by atomic mass is 16.4. The van der Waals surface area contributed by atoms with Gasteiger partial charge in [-0.05, 0) is 0 Å². The quantitative estimate of drug-likeness (QED) is 0.606. The minimum Gasteiger partial charge on any atom is -0.475 e. The lowest BCUT2D eigenvalue weighted by Crippen LogP contribution is -2.33. The van der Waals surface area contributed by atoms with Crippen molar-refractivity contribution < 1.29 is 9.90 Å². The molecule has 10 heavy (non-hydrogen) atoms. The Hall–Kier alpha value is -1.04. The fourth-order valence-electron chi connectivity index (χ4n) is 0.758. The predicted molar refractivity (Wildman–Crippen MR) is 37.6 cm³/mol. The third-order valence-corrected chi connectivity index (χ3v) is 1.78. The molecule has 0 heterocycles. The van der Waals surface area contributed by atoms with Gasteiger partial charge in [-0.2, -0.15) is 0 Å². The van der Waals surface area contributed by atoms with Crippen LogP contribution in [0.4, 0.5) is 0 Å². The monoisotopic (exact) mass is 141 g/mol. The number of rotatable bonds is 3. The first-order valence-electron chi connectivity index (χ1n) is 3.25. The van der Waals surface area contributed by atoms with Gasteiger partial charge in [-0.25, -0.2) is 11.4 Å². The lowest BCUT2D eigenvalue weighted by molar-refractivity contribution is -0.141. The van der Waals surface area contributed by atoms with Crippen molar-refractivity contribution in [2.24, 2.45) is 0 Å². The van der Waals surface area contributed by atoms with Gasteiger partial charge in [-0.3, -0.25) is 4.85 Å². The van der Waals surface area contributed by atoms with Crippen LogP contribution in [0.3, 0.4) is 0 Å². The Bertz CT molecular complexity index is 165. The van der Waals surface area contributed by atoms with E-state index in [1.807, 2.05) is 0 Å². The molecule has 1 N–H and O–H groups in total. The van der Waals surface area contributed by atoms with Crippen LogP contribution in [0.1, 0.15) is 26.7 Å². The molecule has 0 aromatic heterocycles. The van der Waals surface area contributed by atoms with Crippen molar-refractivity contribution in [3.8, 4) is 0 Å². The maximum atomic E-state index is 10.5. The number of nitrogens with zero attached hydrogens (tertiary/aromatic N) is 1. The van der Waals surface area contributed by atoms with Crippen LogP contribution in [0, 0.1) is 6.57 Å². The molecule has 0 bridgehead atoms. The Kier molecular flexibility index (Phi) is 2.88. The predicted octanol–water partition coefficient (Wildman–Crippen LogP) is 1.55. The molecule has 0 aliphatic heterocycles. The summed E-state index contributed by atoms with van der Waals surface area (Å²) < 4.78 is 0. The minimum absolute atomic E-state index is 0.377. The molecule has 0 atom stereocenters. The lowest BCUT2D eigenvalue weighted by atomic mass is 9.94. The van der Waals surface area contributed by atoms with Crippen molar-refractivity contribution in [1.29, 1.82) is 0 Å². The number of carboxylic acids is 1. The van der Waals surface area contributed by atoms with Gasteiger partial charge in [0.05, 0.1) is 0 Å². The molecule has 0 aliphatic rings. The number of hydrogen-bond acceptors (Lipinski definition) is 1. The van der Waals surface area contributed by atoms with Crippen LogP contribution >= 0.6 is 0 Å². The van der Waals surface area contributed by atoms with Gasteiger partial charge in [0.1, 0.15) is 0 Å². The molecule has 3 heteroatoms. The average molecular weight is 141 g/mol. The van der Waals surface area contributed by atoms with Crippen LogP contribution in [0.25, 0.3) is 4.85 Å². The van der Waals surface area contributed by atoms with Crippen molar-refractivity contribution >= 4 is 5.97 Å². The van der Waals surface area contributed by atoms with E-state index in [-0.39, 0.29) is 0 Å². The number of carboxylic acid groups (broad SMARTS) is 1. The van der Waals surface area contributed by atoms with Crippen LogP contribution in [0.15, 0.2) is 0 Å². The first-order chi connectivity index (χ1) is 4.63. The molecule has 0 fully saturated rings. The van der Waals surface area contributed by atoms with E-state index in [2.05, 4.69) is 4.85 Å². The van der Waals surface area contributed by atoms with E-state index in [4.69, 9.17) is 11.7 Å². The second-order valence-corrected chi connectivity index (χ2v) is 2.16. The van der Waals surface area contributed by atoms with Gasteiger partial charge in [-0.15, -0.1) is 0 Å². The average Bonchev–Trinajstić information content (AvgIpc) is 1.92. The van der Waals surface area contributed by atoms with Crippen LogP contribution in [-0.4, -0.2) is 16.6 Å². The summed E-state index contributed by atoms with van der Waals surface area (Å²) in [4.78, 5) is 13.6. The molecule has 3 nitrogen and oxygen atoms in total. The van der Waals surface area contributed by atoms with Crippen molar-refractivity contribution in [1.82, 2.24) is 0 Å². The third kappa shape index (κ3) is 1.27. The van der Waals surface area contributed by atoms with Crippen molar-refractivity contribution in [3.05, 3.63) is 11.4 Å². The molecule has 0 saturated heterocycles. The standard InChI is InChI=1S/C7H11NO2/c1-4-7(5-2,8-3)6(9)10/h4-5H2,1-2H3,(H,9,10). The van der Waals surface area contributed by atoms with Gasteiger partial charge in [0.25, 0.3) is 0 Å². The number of carbonyl (C=O) groups is 1. The Morgan fingerprint density at radius 2 is 2.00 bits per heavy atom. The van der Waals surface area contributed by atoms with E-state index in [1.54, 1.807) is 13.8 Å². The van der Waals surface area contributed by atoms with Gasteiger partial charge in [-0.1, -0.05) is 13.8 Å². The van der Waals surface area contributed by atoms with E-state index in [1.165, 1.54) is 0 Å². The zero-order chi connectivity index (χ0) is 8.20. The molecule has 0 aromatic rings. The fraction of sp³-hybridized carbons (Fsp3) is 0.714. The van der Waals surface area contributed by atoms with E-state index < -0.39 is 11.5 Å². The topological polar surface area (TPSA) is 41.7 Å². The molecule has 0 rings (SSSR count). The molecule has 0 saturated carbocycles. The zero-order valence-corrected chi connectivity index (χ0v) is 6.22. The van der Waals surface area contributed by atoms with E-state index in [0.717, 1.165) is 0 Å². The normalized spacial score (nSPS) is 10.5. The molecule has 0 amide bonds. The van der Waals surface area contributed by atoms with Gasteiger partial charge in [0.2, 0.25) is 0 Å². The van der Waals surface area contributed by atoms with Crippen LogP contribution in [0.5, 0.6) is 0 Å². The minimum atomic E-state index is -1.17. The van der Waals surface area contributed by atoms with E-state index >= 15 is 0 Å². The molecule has 0 aliphatic carbocycles. The Balaban J connectivity index is 4.52. The summed E-state index contributed by atoms with van der Waals surface area (Å²) in [7, 11) is 0. The summed E-state index contributed by atoms with van der Waals surface area (Å²) in [6.45, 7) is 10.1. The molecule has 0 unspecified atom stereocenters. The molecule has 56 valence electrons. The van der Waals surface area contributed by atoms with Crippen molar-refractivity contribution in [2.45, 2.75) is 32.2 Å².